The maximum absolute atomic E-state index is 14.0. The first-order valence-electron chi connectivity index (χ1n) is 46.7. The molecule has 0 aliphatic rings. The summed E-state index contributed by atoms with van der Waals surface area (Å²) in [7, 11) is 3.68. The van der Waals surface area contributed by atoms with Gasteiger partial charge in [-0.3, -0.25) is 38.4 Å². The van der Waals surface area contributed by atoms with Gasteiger partial charge in [0.1, 0.15) is 5.69 Å². The van der Waals surface area contributed by atoms with Gasteiger partial charge < -0.3 is 35.0 Å². The molecule has 3 radical (unpaired) electrons. The van der Waals surface area contributed by atoms with Gasteiger partial charge in [-0.2, -0.15) is 0 Å². The molecule has 0 saturated heterocycles. The van der Waals surface area contributed by atoms with Crippen LogP contribution in [-0.4, -0.2) is 70.9 Å². The normalized spacial score (nSPS) is 10.4. The molecule has 0 fully saturated rings. The third-order valence-electron chi connectivity index (χ3n) is 23.5. The van der Waals surface area contributed by atoms with Crippen LogP contribution in [0.25, 0.3) is 172 Å². The van der Waals surface area contributed by atoms with Gasteiger partial charge in [0, 0.05) is 151 Å². The maximum atomic E-state index is 14.0. The molecule has 0 spiro atoms. The smallest absolute Gasteiger partial charge is 0.512 e. The van der Waals surface area contributed by atoms with Gasteiger partial charge in [0.15, 0.2) is 11.5 Å². The van der Waals surface area contributed by atoms with Crippen LogP contribution in [0.5, 0.6) is 0 Å². The van der Waals surface area contributed by atoms with Crippen molar-refractivity contribution in [1.82, 2.24) is 34.9 Å². The number of allylic oxidation sites excluding steroid dienone is 2. The Morgan fingerprint density at radius 1 is 0.362 bits per heavy atom. The number of aromatic nitrogens is 7. The first-order valence-corrected chi connectivity index (χ1v) is 46.7. The van der Waals surface area contributed by atoms with E-state index in [2.05, 4.69) is 323 Å². The number of anilines is 4. The molecule has 0 unspecified atom stereocenters. The number of rotatable bonds is 18. The van der Waals surface area contributed by atoms with Crippen molar-refractivity contribution in [2.75, 3.05) is 23.9 Å². The molecule has 0 amide bonds. The fourth-order valence-electron chi connectivity index (χ4n) is 16.5. The summed E-state index contributed by atoms with van der Waals surface area (Å²) in [6.45, 7) is 11.8. The second-order valence-electron chi connectivity index (χ2n) is 33.7. The molecule has 15 aromatic carbocycles. The van der Waals surface area contributed by atoms with Gasteiger partial charge in [-0.15, -0.1) is 161 Å². The zero-order valence-corrected chi connectivity index (χ0v) is 90.5. The minimum Gasteiger partial charge on any atom is -0.512 e. The van der Waals surface area contributed by atoms with Gasteiger partial charge in [-0.05, 0) is 182 Å². The largest absolute Gasteiger partial charge is 2.00 e. The fourth-order valence-corrected chi connectivity index (χ4v) is 16.5. The first kappa shape index (κ1) is 110. The molecule has 149 heavy (non-hydrogen) atoms. The number of aliphatic hydroxyl groups excluding tert-OH is 1. The number of fused-ring (bicyclic) bond motifs is 3. The third-order valence-corrected chi connectivity index (χ3v) is 23.5. The van der Waals surface area contributed by atoms with Crippen molar-refractivity contribution >= 4 is 72.6 Å². The second kappa shape index (κ2) is 53.5. The van der Waals surface area contributed by atoms with Gasteiger partial charge >= 0.3 is 27.0 Å². The molecule has 737 valence electrons. The number of nitrogens with zero attached hydrogens (tertiary/aromatic N) is 10. The van der Waals surface area contributed by atoms with E-state index >= 15 is 0 Å². The van der Waals surface area contributed by atoms with Crippen LogP contribution in [0, 0.1) is 61.5 Å². The van der Waals surface area contributed by atoms with Crippen LogP contribution in [-0.2, 0) is 86.2 Å². The number of pyridine rings is 7. The summed E-state index contributed by atoms with van der Waals surface area (Å²) < 4.78 is 27.3. The van der Waals surface area contributed by atoms with Crippen LogP contribution in [0.1, 0.15) is 29.9 Å². The zero-order chi connectivity index (χ0) is 100. The molecule has 0 saturated carbocycles. The molecule has 22 aromatic rings. The van der Waals surface area contributed by atoms with Crippen molar-refractivity contribution in [2.45, 2.75) is 20.8 Å². The first-order chi connectivity index (χ1) is 70.9. The predicted molar refractivity (Wildman–Crippen MR) is 581 cm³/mol. The van der Waals surface area contributed by atoms with Crippen LogP contribution in [0.3, 0.4) is 0 Å². The number of carboxylic acids is 1. The molecule has 0 atom stereocenters. The second-order valence-corrected chi connectivity index (χ2v) is 33.7. The number of hydrogen-bond acceptors (Lipinski definition) is 12. The number of carbonyl (C=O) groups is 2. The molecular formula is C129H92F2Ir3N10O4Pt-4. The molecule has 0 aliphatic heterocycles. The Balaban J connectivity index is 0.000000160. The average Bonchev–Trinajstić information content (AvgIpc) is 0.822. The molecule has 22 rings (SSSR count). The molecule has 0 aliphatic carbocycles. The number of aromatic carboxylic acids is 1. The van der Waals surface area contributed by atoms with Crippen molar-refractivity contribution in [2.24, 2.45) is 0 Å². The molecule has 0 bridgehead atoms. The van der Waals surface area contributed by atoms with Crippen molar-refractivity contribution in [1.29, 1.82) is 0 Å². The van der Waals surface area contributed by atoms with Crippen LogP contribution in [0.15, 0.2) is 461 Å². The van der Waals surface area contributed by atoms with Gasteiger partial charge in [0.2, 0.25) is 0 Å². The van der Waals surface area contributed by atoms with Gasteiger partial charge in [0.25, 0.3) is 0 Å². The Labute approximate surface area is 920 Å². The summed E-state index contributed by atoms with van der Waals surface area (Å²) in [5.74, 6) is -2.95. The van der Waals surface area contributed by atoms with Crippen molar-refractivity contribution in [3.8, 4) is 134 Å². The van der Waals surface area contributed by atoms with E-state index in [1.165, 1.54) is 58.8 Å². The molecule has 7 aromatic heterocycles. The summed E-state index contributed by atoms with van der Waals surface area (Å²) in [5, 5.41) is 23.5. The average molecular weight is 2660 g/mol. The van der Waals surface area contributed by atoms with Crippen molar-refractivity contribution in [3.63, 3.8) is 0 Å². The number of aryl methyl sites for hydroxylation is 1. The van der Waals surface area contributed by atoms with Crippen molar-refractivity contribution < 1.29 is 110 Å². The van der Waals surface area contributed by atoms with Crippen LogP contribution < -0.4 is 9.80 Å². The van der Waals surface area contributed by atoms with E-state index in [4.69, 9.17) is 31.6 Å². The van der Waals surface area contributed by atoms with E-state index in [9.17, 15) is 23.5 Å². The van der Waals surface area contributed by atoms with Crippen LogP contribution >= 0.6 is 0 Å². The topological polar surface area (TPSA) is 176 Å². The molecule has 14 nitrogen and oxygen atoms in total. The SMILES string of the molecule is CC(=O)C=C(C)O.Cc1cc(-c2[c-]ccc3ccccc23)nc2ccccc12.O=C(O)c1cc(-c2ccccc2)cc(-c2[c-]cccc2)n1.[C-]#[N+]c1c(F)c[c-]c(-c2cc(N(C)C)ccn2)c1F.[Ir].[Ir].[Ir].[Pt+2].[c-]1c(-c2cc(-c3ccccc3)ccn2)cccc1N(c1[c-]c(-c2cc(-c3ccccc3)ccn2)ccc1)c1ccc(-c2ccccc2)cc1.[c-]1c(-c2ccccn2)cc(-c2ccccc2)cc1-c1nccc2ccccc12. The number of hydrogen-bond donors (Lipinski definition) is 2. The number of benzene rings is 15. The number of halogens is 2. The molecule has 2 N–H and O–H groups in total. The Kier molecular flexibility index (Phi) is 39.3. The van der Waals surface area contributed by atoms with Gasteiger partial charge in [-0.25, -0.2) is 4.79 Å². The summed E-state index contributed by atoms with van der Waals surface area (Å²) in [4.78, 5) is 60.0. The number of aliphatic hydroxyl groups is 1. The number of carboxylic acid groups (broad SMARTS) is 1. The Hall–Kier alpha value is -16.6. The van der Waals surface area contributed by atoms with Crippen molar-refractivity contribution in [3.05, 3.63) is 532 Å². The summed E-state index contributed by atoms with van der Waals surface area (Å²) in [6, 6.07) is 159. The standard InChI is InChI=1S/C46H31N3.C26H17N2.C20H14N.C18H12NO2.C14H10F2N3.C5H8O2.3Ir.Pt/c1-4-12-34(13-5-1)37-22-24-42(25-23-37)49(43-20-10-18-40(30-43)45-32-38(26-28-47-45)35-14-6-2-7-15-35)44-21-11-19-41(31-44)46-33-39(27-29-48-46)36-16-8-3-9-17-36;1-2-8-19(9-3-1)21-16-22(25-12-6-7-14-27-25)18-23(17-21)26-24-11-5-4-10-20(24)13-15-28-26;1-14-13-20(21-19-12-5-4-9-16(14)19)18-11-6-8-15-7-2-3-10-17(15)18;20-18(21)17-12-15(13-7-3-1-4-8-13)11-16(19-17)14-9-5-2-6-10-14;1-17-14-11(15)5-4-10(13(14)16)12-8-9(19(2)3)6-7-18-12;1-4(6)3-5(2)7;;;;/h1-29,32-33H;1-17H;2-10,12-13H,1H3;1-9,11-12H,(H,20,21);5-8H,2-3H3;3,6H,1-2H3;;;;/q-2;4*-1;;;;;+2. The Morgan fingerprint density at radius 2 is 0.846 bits per heavy atom. The van der Waals surface area contributed by atoms with E-state index < -0.39 is 23.3 Å². The molecule has 20 heteroatoms. The number of carbonyl (C=O) groups excluding carboxylic acids is 1. The van der Waals surface area contributed by atoms with E-state index in [0.717, 1.165) is 152 Å². The zero-order valence-electron chi connectivity index (χ0n) is 81.1. The van der Waals surface area contributed by atoms with E-state index in [0.29, 0.717) is 11.4 Å². The third kappa shape index (κ3) is 28.2. The molecular weight excluding hydrogens is 2560 g/mol. The Bertz CT molecular complexity index is 8130. The molecule has 7 heterocycles. The van der Waals surface area contributed by atoms with Crippen LogP contribution in [0.2, 0.25) is 0 Å². The van der Waals surface area contributed by atoms with Gasteiger partial charge in [0.05, 0.1) is 17.8 Å². The number of para-hydroxylation sites is 1. The minimum atomic E-state index is -1.04. The number of ketones is 1. The van der Waals surface area contributed by atoms with E-state index in [-0.39, 0.29) is 104 Å². The quantitative estimate of drug-likeness (QED) is 0.0472. The van der Waals surface area contributed by atoms with Crippen LogP contribution in [0.4, 0.5) is 37.2 Å². The summed E-state index contributed by atoms with van der Waals surface area (Å²) in [5.41, 5.74) is 27.3. The predicted octanol–water partition coefficient (Wildman–Crippen LogP) is 31.9. The van der Waals surface area contributed by atoms with E-state index in [1.54, 1.807) is 24.3 Å². The van der Waals surface area contributed by atoms with Gasteiger partial charge in [-0.1, -0.05) is 295 Å². The van der Waals surface area contributed by atoms with E-state index in [1.807, 2.05) is 177 Å². The summed E-state index contributed by atoms with van der Waals surface area (Å²) >= 11 is 0. The summed E-state index contributed by atoms with van der Waals surface area (Å²) in [6.07, 6.45) is 10.1. The fraction of sp³-hybridized carbons (Fsp3) is 0.0388. The Morgan fingerprint density at radius 3 is 1.39 bits per heavy atom. The maximum Gasteiger partial charge on any atom is 2.00 e. The monoisotopic (exact) mass is 2660 g/mol. The minimum absolute atomic E-state index is 0.